The zero-order valence-electron chi connectivity index (χ0n) is 19.7. The van der Waals surface area contributed by atoms with Gasteiger partial charge in [0.2, 0.25) is 0 Å². The van der Waals surface area contributed by atoms with Crippen LogP contribution in [0.1, 0.15) is 31.4 Å². The molecule has 1 fully saturated rings. The number of amides is 1. The maximum absolute atomic E-state index is 14.7. The van der Waals surface area contributed by atoms with E-state index in [2.05, 4.69) is 15.4 Å². The Bertz CT molecular complexity index is 1440. The Hall–Kier alpha value is -4.60. The van der Waals surface area contributed by atoms with Crippen molar-refractivity contribution in [1.82, 2.24) is 14.8 Å². The molecule has 1 saturated carbocycles. The number of ether oxygens (including phenoxy) is 2. The number of pyridine rings is 1. The fourth-order valence-electron chi connectivity index (χ4n) is 3.67. The molecule has 2 aromatic carbocycles. The average Bonchev–Trinajstić information content (AvgIpc) is 3.69. The number of hydrogen-bond acceptors (Lipinski definition) is 6. The van der Waals surface area contributed by atoms with E-state index in [0.29, 0.717) is 11.4 Å². The standard InChI is InChI=1S/C27H22F2N4O4/c1-16(17-5-3-2-4-6-17)36-27(35)32-25-23(29)15-31-33(25)19-9-12-24(30-14-19)21-11-10-20(13-22(21)28)37-26(34)18-7-8-18/h2-6,9-16,18H,7-8H2,1H3,(H,32,35). The van der Waals surface area contributed by atoms with Gasteiger partial charge in [-0.2, -0.15) is 5.10 Å². The highest BCUT2D eigenvalue weighted by atomic mass is 19.1. The molecule has 1 amide bonds. The van der Waals surface area contributed by atoms with Crippen LogP contribution in [-0.4, -0.2) is 26.8 Å². The Balaban J connectivity index is 1.29. The van der Waals surface area contributed by atoms with Gasteiger partial charge in [-0.15, -0.1) is 0 Å². The summed E-state index contributed by atoms with van der Waals surface area (Å²) in [5.74, 6) is -1.93. The molecule has 1 atom stereocenters. The molecule has 0 spiro atoms. The third-order valence-electron chi connectivity index (χ3n) is 5.84. The van der Waals surface area contributed by atoms with E-state index in [1.807, 2.05) is 30.3 Å². The molecule has 0 saturated heterocycles. The van der Waals surface area contributed by atoms with Gasteiger partial charge >= 0.3 is 12.1 Å². The maximum Gasteiger partial charge on any atom is 0.413 e. The summed E-state index contributed by atoms with van der Waals surface area (Å²) in [4.78, 5) is 28.5. The van der Waals surface area contributed by atoms with E-state index in [1.54, 1.807) is 13.0 Å². The fraction of sp³-hybridized carbons (Fsp3) is 0.185. The maximum atomic E-state index is 14.7. The molecule has 5 rings (SSSR count). The van der Waals surface area contributed by atoms with Crippen molar-refractivity contribution in [2.24, 2.45) is 5.92 Å². The normalized spacial score (nSPS) is 13.6. The molecule has 1 N–H and O–H groups in total. The summed E-state index contributed by atoms with van der Waals surface area (Å²) in [6.07, 6.45) is 2.49. The quantitative estimate of drug-likeness (QED) is 0.251. The van der Waals surface area contributed by atoms with Crippen LogP contribution in [0.4, 0.5) is 19.4 Å². The number of aromatic nitrogens is 3. The van der Waals surface area contributed by atoms with Gasteiger partial charge in [0.05, 0.1) is 29.7 Å². The number of halogens is 2. The van der Waals surface area contributed by atoms with Crippen LogP contribution in [0.15, 0.2) is 73.1 Å². The number of nitrogens with one attached hydrogen (secondary N) is 1. The molecular weight excluding hydrogens is 482 g/mol. The van der Waals surface area contributed by atoms with Crippen LogP contribution < -0.4 is 10.1 Å². The summed E-state index contributed by atoms with van der Waals surface area (Å²) < 4.78 is 40.8. The number of rotatable bonds is 7. The first-order valence-corrected chi connectivity index (χ1v) is 11.6. The summed E-state index contributed by atoms with van der Waals surface area (Å²) in [6.45, 7) is 1.70. The predicted molar refractivity (Wildman–Crippen MR) is 130 cm³/mol. The van der Waals surface area contributed by atoms with Crippen molar-refractivity contribution in [1.29, 1.82) is 0 Å². The monoisotopic (exact) mass is 504 g/mol. The second-order valence-electron chi connectivity index (χ2n) is 8.57. The number of carbonyl (C=O) groups is 2. The topological polar surface area (TPSA) is 95.3 Å². The largest absolute Gasteiger partial charge is 0.441 e. The van der Waals surface area contributed by atoms with E-state index in [-0.39, 0.29) is 29.0 Å². The molecule has 37 heavy (non-hydrogen) atoms. The third-order valence-corrected chi connectivity index (χ3v) is 5.84. The summed E-state index contributed by atoms with van der Waals surface area (Å²) in [5.41, 5.74) is 1.61. The molecule has 2 aromatic heterocycles. The lowest BCUT2D eigenvalue weighted by Gasteiger charge is -2.15. The zero-order valence-corrected chi connectivity index (χ0v) is 19.7. The van der Waals surface area contributed by atoms with E-state index < -0.39 is 23.8 Å². The summed E-state index contributed by atoms with van der Waals surface area (Å²) in [7, 11) is 0. The van der Waals surface area contributed by atoms with Crippen molar-refractivity contribution in [3.8, 4) is 22.7 Å². The summed E-state index contributed by atoms with van der Waals surface area (Å²) in [5, 5.41) is 6.35. The molecule has 1 unspecified atom stereocenters. The molecule has 0 radical (unpaired) electrons. The minimum atomic E-state index is -0.855. The van der Waals surface area contributed by atoms with E-state index >= 15 is 0 Å². The van der Waals surface area contributed by atoms with Crippen LogP contribution in [-0.2, 0) is 9.53 Å². The number of esters is 1. The van der Waals surface area contributed by atoms with Gasteiger partial charge in [0.25, 0.3) is 0 Å². The number of benzene rings is 2. The van der Waals surface area contributed by atoms with Crippen molar-refractivity contribution in [2.75, 3.05) is 5.32 Å². The Morgan fingerprint density at radius 2 is 1.81 bits per heavy atom. The first-order valence-electron chi connectivity index (χ1n) is 11.6. The Morgan fingerprint density at radius 3 is 2.49 bits per heavy atom. The zero-order chi connectivity index (χ0) is 25.9. The third kappa shape index (κ3) is 5.48. The van der Waals surface area contributed by atoms with Gasteiger partial charge in [-0.25, -0.2) is 18.3 Å². The van der Waals surface area contributed by atoms with Gasteiger partial charge in [-0.05, 0) is 49.6 Å². The predicted octanol–water partition coefficient (Wildman–Crippen LogP) is 5.84. The molecule has 188 valence electrons. The van der Waals surface area contributed by atoms with Gasteiger partial charge < -0.3 is 9.47 Å². The van der Waals surface area contributed by atoms with E-state index in [4.69, 9.17) is 9.47 Å². The van der Waals surface area contributed by atoms with Crippen molar-refractivity contribution in [2.45, 2.75) is 25.9 Å². The van der Waals surface area contributed by atoms with Gasteiger partial charge in [-0.1, -0.05) is 30.3 Å². The molecule has 8 nitrogen and oxygen atoms in total. The van der Waals surface area contributed by atoms with Crippen molar-refractivity contribution < 1.29 is 27.8 Å². The first-order chi connectivity index (χ1) is 17.9. The van der Waals surface area contributed by atoms with Gasteiger partial charge in [-0.3, -0.25) is 15.1 Å². The smallest absolute Gasteiger partial charge is 0.413 e. The molecule has 10 heteroatoms. The second-order valence-corrected chi connectivity index (χ2v) is 8.57. The van der Waals surface area contributed by atoms with Crippen LogP contribution >= 0.6 is 0 Å². The van der Waals surface area contributed by atoms with Crippen LogP contribution in [0, 0.1) is 17.6 Å². The summed E-state index contributed by atoms with van der Waals surface area (Å²) in [6, 6.07) is 16.3. The number of nitrogens with zero attached hydrogens (tertiary/aromatic N) is 3. The van der Waals surface area contributed by atoms with Gasteiger partial charge in [0, 0.05) is 11.6 Å². The second kappa shape index (κ2) is 10.2. The molecular formula is C27H22F2N4O4. The molecule has 0 aliphatic heterocycles. The van der Waals surface area contributed by atoms with E-state index in [0.717, 1.165) is 35.4 Å². The lowest BCUT2D eigenvalue weighted by molar-refractivity contribution is -0.135. The SMILES string of the molecule is CC(OC(=O)Nc1c(F)cnn1-c1ccc(-c2ccc(OC(=O)C3CC3)cc2F)nc1)c1ccccc1. The lowest BCUT2D eigenvalue weighted by Crippen LogP contribution is -2.19. The molecule has 2 heterocycles. The highest BCUT2D eigenvalue weighted by molar-refractivity contribution is 5.84. The lowest BCUT2D eigenvalue weighted by atomic mass is 10.1. The number of anilines is 1. The Kier molecular flexibility index (Phi) is 6.63. The van der Waals surface area contributed by atoms with Crippen LogP contribution in [0.25, 0.3) is 16.9 Å². The highest BCUT2D eigenvalue weighted by Crippen LogP contribution is 2.32. The van der Waals surface area contributed by atoms with Crippen molar-refractivity contribution in [3.63, 3.8) is 0 Å². The van der Waals surface area contributed by atoms with Gasteiger partial charge in [0.1, 0.15) is 17.7 Å². The Morgan fingerprint density at radius 1 is 1.03 bits per heavy atom. The average molecular weight is 504 g/mol. The van der Waals surface area contributed by atoms with Crippen LogP contribution in [0.3, 0.4) is 0 Å². The molecule has 1 aliphatic carbocycles. The summed E-state index contributed by atoms with van der Waals surface area (Å²) >= 11 is 0. The Labute approximate surface area is 210 Å². The highest BCUT2D eigenvalue weighted by Gasteiger charge is 2.31. The van der Waals surface area contributed by atoms with E-state index in [9.17, 15) is 18.4 Å². The van der Waals surface area contributed by atoms with Crippen molar-refractivity contribution >= 4 is 17.9 Å². The number of hydrogen-bond donors (Lipinski definition) is 1. The van der Waals surface area contributed by atoms with E-state index in [1.165, 1.54) is 24.4 Å². The molecule has 4 aromatic rings. The fourth-order valence-corrected chi connectivity index (χ4v) is 3.67. The number of carbonyl (C=O) groups excluding carboxylic acids is 2. The van der Waals surface area contributed by atoms with Crippen LogP contribution in [0.2, 0.25) is 0 Å². The molecule has 1 aliphatic rings. The van der Waals surface area contributed by atoms with Crippen LogP contribution in [0.5, 0.6) is 5.75 Å². The first kappa shape index (κ1) is 24.1. The molecule has 0 bridgehead atoms. The van der Waals surface area contributed by atoms with Gasteiger partial charge in [0.15, 0.2) is 11.6 Å². The minimum absolute atomic E-state index is 0.0995. The van der Waals surface area contributed by atoms with Crippen molar-refractivity contribution in [3.05, 3.63) is 90.3 Å². The minimum Gasteiger partial charge on any atom is -0.441 e.